The second kappa shape index (κ2) is 8.85. The smallest absolute Gasteiger partial charge is 0.157 e. The van der Waals surface area contributed by atoms with Crippen LogP contribution in [0.1, 0.15) is 28.1 Å². The third-order valence-electron chi connectivity index (χ3n) is 4.81. The number of nitrogens with one attached hydrogen (secondary N) is 1. The average molecular weight is 448 g/mol. The van der Waals surface area contributed by atoms with Gasteiger partial charge in [-0.2, -0.15) is 5.26 Å². The lowest BCUT2D eigenvalue weighted by molar-refractivity contribution is 0.306. The second-order valence-electron chi connectivity index (χ2n) is 7.37. The van der Waals surface area contributed by atoms with Gasteiger partial charge in [0.2, 0.25) is 0 Å². The molecule has 0 aliphatic heterocycles. The van der Waals surface area contributed by atoms with E-state index in [1.165, 1.54) is 0 Å². The number of H-pyrrole nitrogens is 1. The Morgan fingerprint density at radius 3 is 2.52 bits per heavy atom. The van der Waals surface area contributed by atoms with E-state index in [-0.39, 0.29) is 0 Å². The summed E-state index contributed by atoms with van der Waals surface area (Å²) in [5.41, 5.74) is 6.06. The predicted octanol–water partition coefficient (Wildman–Crippen LogP) is 7.13. The fourth-order valence-corrected chi connectivity index (χ4v) is 3.94. The van der Waals surface area contributed by atoms with Crippen LogP contribution in [-0.4, -0.2) is 9.97 Å². The first-order valence-corrected chi connectivity index (χ1v) is 10.4. The maximum Gasteiger partial charge on any atom is 0.157 e. The highest BCUT2D eigenvalue weighted by Crippen LogP contribution is 2.36. The molecule has 0 radical (unpaired) electrons. The lowest BCUT2D eigenvalue weighted by atomic mass is 10.1. The molecule has 1 N–H and O–H groups in total. The number of nitrogens with zero attached hydrogens (tertiary/aromatic N) is 2. The van der Waals surface area contributed by atoms with Gasteiger partial charge in [0.25, 0.3) is 0 Å². The SMILES string of the molecule is Cc1cccc(COc2c(Cl)cc(C=C(C#N)c3nc4ccc(C)cc4[nH]3)cc2Cl)c1. The first-order chi connectivity index (χ1) is 14.9. The molecule has 4 rings (SSSR count). The summed E-state index contributed by atoms with van der Waals surface area (Å²) in [4.78, 5) is 7.72. The van der Waals surface area contributed by atoms with Gasteiger partial charge in [0.15, 0.2) is 5.75 Å². The number of fused-ring (bicyclic) bond motifs is 1. The Hall–Kier alpha value is -3.26. The molecule has 31 heavy (non-hydrogen) atoms. The molecular formula is C25H19Cl2N3O. The van der Waals surface area contributed by atoms with Gasteiger partial charge in [0, 0.05) is 0 Å². The quantitative estimate of drug-likeness (QED) is 0.331. The van der Waals surface area contributed by atoms with Gasteiger partial charge in [-0.1, -0.05) is 59.1 Å². The van der Waals surface area contributed by atoms with E-state index in [2.05, 4.69) is 16.0 Å². The fourth-order valence-electron chi connectivity index (χ4n) is 3.33. The number of aryl methyl sites for hydroxylation is 2. The molecule has 1 heterocycles. The van der Waals surface area contributed by atoms with Crippen LogP contribution < -0.4 is 4.74 Å². The van der Waals surface area contributed by atoms with Crippen LogP contribution in [0, 0.1) is 25.2 Å². The highest BCUT2D eigenvalue weighted by molar-refractivity contribution is 6.37. The highest BCUT2D eigenvalue weighted by atomic mass is 35.5. The van der Waals surface area contributed by atoms with Crippen molar-refractivity contribution >= 4 is 45.9 Å². The number of hydrogen-bond acceptors (Lipinski definition) is 3. The van der Waals surface area contributed by atoms with Gasteiger partial charge in [-0.3, -0.25) is 0 Å². The maximum atomic E-state index is 9.68. The maximum absolute atomic E-state index is 9.68. The Labute approximate surface area is 190 Å². The number of aromatic amines is 1. The number of hydrogen-bond donors (Lipinski definition) is 1. The summed E-state index contributed by atoms with van der Waals surface area (Å²) < 4.78 is 5.86. The minimum absolute atomic E-state index is 0.359. The fraction of sp³-hybridized carbons (Fsp3) is 0.120. The van der Waals surface area contributed by atoms with E-state index in [1.54, 1.807) is 18.2 Å². The molecule has 4 nitrogen and oxygen atoms in total. The molecule has 154 valence electrons. The van der Waals surface area contributed by atoms with Crippen LogP contribution in [0.3, 0.4) is 0 Å². The van der Waals surface area contributed by atoms with Crippen LogP contribution in [0.4, 0.5) is 0 Å². The van der Waals surface area contributed by atoms with Gasteiger partial charge >= 0.3 is 0 Å². The first kappa shape index (κ1) is 21.0. The zero-order valence-corrected chi connectivity index (χ0v) is 18.6. The molecule has 0 saturated heterocycles. The molecule has 4 aromatic rings. The predicted molar refractivity (Wildman–Crippen MR) is 126 cm³/mol. The van der Waals surface area contributed by atoms with Crippen molar-refractivity contribution in [3.05, 3.63) is 92.7 Å². The van der Waals surface area contributed by atoms with Crippen molar-refractivity contribution in [1.82, 2.24) is 9.97 Å². The molecular weight excluding hydrogens is 429 g/mol. The molecule has 0 aliphatic carbocycles. The molecule has 0 atom stereocenters. The van der Waals surface area contributed by atoms with E-state index in [0.29, 0.717) is 39.4 Å². The molecule has 6 heteroatoms. The Morgan fingerprint density at radius 2 is 1.81 bits per heavy atom. The molecule has 3 aromatic carbocycles. The van der Waals surface area contributed by atoms with Gasteiger partial charge in [-0.15, -0.1) is 0 Å². The lowest BCUT2D eigenvalue weighted by Gasteiger charge is -2.11. The standard InChI is InChI=1S/C25H19Cl2N3O/c1-15-4-3-5-17(8-15)14-31-24-20(26)11-18(12-21(24)27)10-19(13-28)25-29-22-7-6-16(2)9-23(22)30-25/h3-12H,14H2,1-2H3,(H,29,30). The average Bonchev–Trinajstić information content (AvgIpc) is 3.14. The second-order valence-corrected chi connectivity index (χ2v) is 8.18. The van der Waals surface area contributed by atoms with Crippen LogP contribution in [0.2, 0.25) is 10.0 Å². The molecule has 0 fully saturated rings. The summed E-state index contributed by atoms with van der Waals surface area (Å²) in [5, 5.41) is 10.4. The molecule has 0 amide bonds. The van der Waals surface area contributed by atoms with E-state index in [1.807, 2.05) is 56.3 Å². The van der Waals surface area contributed by atoms with Gasteiger partial charge in [0.05, 0.1) is 26.7 Å². The third-order valence-corrected chi connectivity index (χ3v) is 5.37. The number of aromatic nitrogens is 2. The van der Waals surface area contributed by atoms with Crippen molar-refractivity contribution in [2.45, 2.75) is 20.5 Å². The normalized spacial score (nSPS) is 11.5. The zero-order valence-electron chi connectivity index (χ0n) is 17.0. The number of imidazole rings is 1. The van der Waals surface area contributed by atoms with E-state index in [4.69, 9.17) is 27.9 Å². The van der Waals surface area contributed by atoms with E-state index >= 15 is 0 Å². The summed E-state index contributed by atoms with van der Waals surface area (Å²) in [6, 6.07) is 19.6. The molecule has 0 saturated carbocycles. The lowest BCUT2D eigenvalue weighted by Crippen LogP contribution is -1.97. The first-order valence-electron chi connectivity index (χ1n) is 9.69. The van der Waals surface area contributed by atoms with Gasteiger partial charge in [-0.05, 0) is 60.9 Å². The number of halogens is 2. The number of benzene rings is 3. The topological polar surface area (TPSA) is 61.7 Å². The van der Waals surface area contributed by atoms with Crippen molar-refractivity contribution < 1.29 is 4.74 Å². The van der Waals surface area contributed by atoms with Crippen LogP contribution in [0.5, 0.6) is 5.75 Å². The molecule has 1 aromatic heterocycles. The minimum atomic E-state index is 0.359. The van der Waals surface area contributed by atoms with E-state index in [9.17, 15) is 5.26 Å². The number of ether oxygens (including phenoxy) is 1. The van der Waals surface area contributed by atoms with Crippen molar-refractivity contribution in [3.63, 3.8) is 0 Å². The zero-order chi connectivity index (χ0) is 22.0. The molecule has 0 spiro atoms. The summed E-state index contributed by atoms with van der Waals surface area (Å²) in [6.07, 6.45) is 1.70. The third kappa shape index (κ3) is 4.74. The van der Waals surface area contributed by atoms with Gasteiger partial charge in [-0.25, -0.2) is 4.98 Å². The Bertz CT molecular complexity index is 1330. The van der Waals surface area contributed by atoms with Crippen molar-refractivity contribution in [2.24, 2.45) is 0 Å². The van der Waals surface area contributed by atoms with E-state index in [0.717, 1.165) is 27.7 Å². The van der Waals surface area contributed by atoms with Crippen molar-refractivity contribution in [1.29, 1.82) is 5.26 Å². The van der Waals surface area contributed by atoms with Crippen LogP contribution in [0.15, 0.2) is 54.6 Å². The van der Waals surface area contributed by atoms with E-state index < -0.39 is 0 Å². The Morgan fingerprint density at radius 1 is 1.06 bits per heavy atom. The van der Waals surface area contributed by atoms with Crippen molar-refractivity contribution in [3.8, 4) is 11.8 Å². The molecule has 0 bridgehead atoms. The Kier molecular flexibility index (Phi) is 5.99. The highest BCUT2D eigenvalue weighted by Gasteiger charge is 2.12. The number of nitriles is 1. The van der Waals surface area contributed by atoms with Crippen LogP contribution in [0.25, 0.3) is 22.7 Å². The largest absolute Gasteiger partial charge is 0.486 e. The summed E-state index contributed by atoms with van der Waals surface area (Å²) >= 11 is 12.9. The van der Waals surface area contributed by atoms with Crippen LogP contribution in [-0.2, 0) is 6.61 Å². The number of rotatable bonds is 5. The van der Waals surface area contributed by atoms with Gasteiger partial charge in [0.1, 0.15) is 18.5 Å². The summed E-state index contributed by atoms with van der Waals surface area (Å²) in [7, 11) is 0. The number of allylic oxidation sites excluding steroid dienone is 1. The van der Waals surface area contributed by atoms with Crippen LogP contribution >= 0.6 is 23.2 Å². The summed E-state index contributed by atoms with van der Waals surface area (Å²) in [6.45, 7) is 4.40. The van der Waals surface area contributed by atoms with Crippen molar-refractivity contribution in [2.75, 3.05) is 0 Å². The molecule has 0 aliphatic rings. The van der Waals surface area contributed by atoms with Gasteiger partial charge < -0.3 is 9.72 Å². The minimum Gasteiger partial charge on any atom is -0.486 e. The summed E-state index contributed by atoms with van der Waals surface area (Å²) in [5.74, 6) is 0.912. The molecule has 0 unspecified atom stereocenters. The Balaban J connectivity index is 1.61. The monoisotopic (exact) mass is 447 g/mol.